The minimum Gasteiger partial charge on any atom is -0.398 e. The highest BCUT2D eigenvalue weighted by atomic mass is 16.1. The molecule has 0 radical (unpaired) electrons. The van der Waals surface area contributed by atoms with Crippen LogP contribution in [0.1, 0.15) is 18.9 Å². The van der Waals surface area contributed by atoms with Gasteiger partial charge in [0, 0.05) is 38.0 Å². The summed E-state index contributed by atoms with van der Waals surface area (Å²) in [5, 5.41) is 2.68. The molecule has 2 aromatic rings. The molecule has 0 bridgehead atoms. The molecule has 0 saturated heterocycles. The molecule has 2 rings (SSSR count). The van der Waals surface area contributed by atoms with E-state index >= 15 is 0 Å². The molecule has 1 heterocycles. The Balaban J connectivity index is 2.22. The van der Waals surface area contributed by atoms with Gasteiger partial charge in [0.1, 0.15) is 5.52 Å². The largest absolute Gasteiger partial charge is 0.398 e. The first kappa shape index (κ1) is 12.8. The normalized spacial score (nSPS) is 9.74. The van der Waals surface area contributed by atoms with Crippen LogP contribution in [0.4, 0.5) is 5.69 Å². The monoisotopic (exact) mass is 254 g/mol. The Morgan fingerprint density at radius 1 is 1.37 bits per heavy atom. The summed E-state index contributed by atoms with van der Waals surface area (Å²) in [4.78, 5) is 19.2. The number of nitrogen functional groups attached to an aromatic ring is 1. The zero-order valence-electron chi connectivity index (χ0n) is 10.6. The fraction of sp³-hybridized carbons (Fsp3) is 0.214. The van der Waals surface area contributed by atoms with Gasteiger partial charge in [-0.2, -0.15) is 0 Å². The maximum absolute atomic E-state index is 10.7. The summed E-state index contributed by atoms with van der Waals surface area (Å²) < 4.78 is 0. The van der Waals surface area contributed by atoms with Crippen LogP contribution in [0.2, 0.25) is 0 Å². The minimum absolute atomic E-state index is 0.0580. The van der Waals surface area contributed by atoms with Gasteiger partial charge in [-0.25, -0.2) is 0 Å². The molecule has 1 amide bonds. The maximum atomic E-state index is 10.7. The topological polar surface area (TPSA) is 80.9 Å². The van der Waals surface area contributed by atoms with Crippen molar-refractivity contribution in [2.75, 3.05) is 12.3 Å². The second-order valence-electron chi connectivity index (χ2n) is 3.99. The van der Waals surface area contributed by atoms with Crippen LogP contribution in [0.3, 0.4) is 0 Å². The van der Waals surface area contributed by atoms with Gasteiger partial charge < -0.3 is 11.1 Å². The molecule has 3 N–H and O–H groups in total. The number of rotatable bonds is 2. The van der Waals surface area contributed by atoms with E-state index in [0.717, 1.165) is 5.52 Å². The molecular formula is C14H14N4O. The Kier molecular flexibility index (Phi) is 3.94. The van der Waals surface area contributed by atoms with Crippen molar-refractivity contribution in [3.05, 3.63) is 30.1 Å². The minimum atomic E-state index is -0.0580. The number of amides is 1. The second kappa shape index (κ2) is 5.83. The summed E-state index contributed by atoms with van der Waals surface area (Å²) >= 11 is 0. The van der Waals surface area contributed by atoms with Gasteiger partial charge in [-0.15, -0.1) is 0 Å². The smallest absolute Gasteiger partial charge is 0.216 e. The number of hydrogen-bond donors (Lipinski definition) is 2. The first-order valence-corrected chi connectivity index (χ1v) is 5.91. The fourth-order valence-corrected chi connectivity index (χ4v) is 1.64. The lowest BCUT2D eigenvalue weighted by Crippen LogP contribution is -2.20. The van der Waals surface area contributed by atoms with Crippen LogP contribution in [0.15, 0.2) is 24.5 Å². The number of nitrogens with one attached hydrogen (secondary N) is 1. The van der Waals surface area contributed by atoms with Gasteiger partial charge in [-0.3, -0.25) is 14.8 Å². The molecule has 5 heteroatoms. The number of fused-ring (bicyclic) bond motifs is 1. The molecule has 0 fully saturated rings. The van der Waals surface area contributed by atoms with Crippen molar-refractivity contribution in [2.45, 2.75) is 13.3 Å². The highest BCUT2D eigenvalue weighted by Crippen LogP contribution is 2.19. The van der Waals surface area contributed by atoms with Crippen LogP contribution in [-0.4, -0.2) is 22.4 Å². The van der Waals surface area contributed by atoms with Crippen LogP contribution in [0.25, 0.3) is 11.0 Å². The molecule has 1 aromatic carbocycles. The maximum Gasteiger partial charge on any atom is 0.216 e. The van der Waals surface area contributed by atoms with Gasteiger partial charge in [-0.05, 0) is 12.1 Å². The van der Waals surface area contributed by atoms with E-state index in [-0.39, 0.29) is 5.91 Å². The molecule has 1 aromatic heterocycles. The van der Waals surface area contributed by atoms with Crippen LogP contribution >= 0.6 is 0 Å². The average Bonchev–Trinajstić information content (AvgIpc) is 2.40. The number of carbonyl (C=O) groups is 1. The molecule has 0 aliphatic heterocycles. The van der Waals surface area contributed by atoms with E-state index in [4.69, 9.17) is 5.73 Å². The quantitative estimate of drug-likeness (QED) is 0.477. The lowest BCUT2D eigenvalue weighted by molar-refractivity contribution is -0.118. The summed E-state index contributed by atoms with van der Waals surface area (Å²) in [5.41, 5.74) is 8.65. The van der Waals surface area contributed by atoms with Crippen molar-refractivity contribution in [1.29, 1.82) is 0 Å². The number of nitrogens with two attached hydrogens (primary N) is 1. The number of aromatic nitrogens is 2. The van der Waals surface area contributed by atoms with Gasteiger partial charge >= 0.3 is 0 Å². The van der Waals surface area contributed by atoms with Crippen molar-refractivity contribution in [3.63, 3.8) is 0 Å². The van der Waals surface area contributed by atoms with Crippen LogP contribution in [-0.2, 0) is 4.79 Å². The van der Waals surface area contributed by atoms with E-state index in [2.05, 4.69) is 27.1 Å². The van der Waals surface area contributed by atoms with E-state index in [1.165, 1.54) is 6.92 Å². The van der Waals surface area contributed by atoms with Crippen molar-refractivity contribution in [3.8, 4) is 11.8 Å². The number of benzene rings is 1. The summed E-state index contributed by atoms with van der Waals surface area (Å²) in [5.74, 6) is 5.92. The summed E-state index contributed by atoms with van der Waals surface area (Å²) in [6.07, 6.45) is 3.81. The molecule has 96 valence electrons. The number of anilines is 1. The highest BCUT2D eigenvalue weighted by Gasteiger charge is 2.04. The standard InChI is InChI=1S/C14H14N4O/c1-10(19)16-7-3-2-4-11-12(15)5-6-13-14(11)18-9-8-17-13/h5-6,8-9H,3,7,15H2,1H3,(H,16,19). The molecule has 0 aliphatic carbocycles. The lowest BCUT2D eigenvalue weighted by atomic mass is 10.1. The lowest BCUT2D eigenvalue weighted by Gasteiger charge is -2.02. The third-order valence-electron chi connectivity index (χ3n) is 2.51. The van der Waals surface area contributed by atoms with Gasteiger partial charge in [-0.1, -0.05) is 11.8 Å². The zero-order valence-corrected chi connectivity index (χ0v) is 10.6. The SMILES string of the molecule is CC(=O)NCCC#Cc1c(N)ccc2nccnc12. The van der Waals surface area contributed by atoms with E-state index in [9.17, 15) is 4.79 Å². The highest BCUT2D eigenvalue weighted by molar-refractivity contribution is 5.86. The van der Waals surface area contributed by atoms with E-state index in [0.29, 0.717) is 29.7 Å². The average molecular weight is 254 g/mol. The molecule has 0 unspecified atom stereocenters. The fourth-order valence-electron chi connectivity index (χ4n) is 1.64. The number of hydrogen-bond acceptors (Lipinski definition) is 4. The predicted molar refractivity (Wildman–Crippen MR) is 74.1 cm³/mol. The molecule has 0 aliphatic rings. The Morgan fingerprint density at radius 3 is 2.95 bits per heavy atom. The molecular weight excluding hydrogens is 240 g/mol. The molecule has 19 heavy (non-hydrogen) atoms. The van der Waals surface area contributed by atoms with Crippen molar-refractivity contribution in [1.82, 2.24) is 15.3 Å². The molecule has 0 atom stereocenters. The van der Waals surface area contributed by atoms with Crippen molar-refractivity contribution >= 4 is 22.6 Å². The zero-order chi connectivity index (χ0) is 13.7. The van der Waals surface area contributed by atoms with E-state index < -0.39 is 0 Å². The van der Waals surface area contributed by atoms with Gasteiger partial charge in [0.25, 0.3) is 0 Å². The second-order valence-corrected chi connectivity index (χ2v) is 3.99. The van der Waals surface area contributed by atoms with E-state index in [1.807, 2.05) is 6.07 Å². The van der Waals surface area contributed by atoms with Crippen LogP contribution in [0, 0.1) is 11.8 Å². The Morgan fingerprint density at radius 2 is 2.16 bits per heavy atom. The van der Waals surface area contributed by atoms with Gasteiger partial charge in [0.15, 0.2) is 0 Å². The van der Waals surface area contributed by atoms with Gasteiger partial charge in [0.2, 0.25) is 5.91 Å². The number of carbonyl (C=O) groups excluding carboxylic acids is 1. The Bertz CT molecular complexity index is 670. The van der Waals surface area contributed by atoms with Crippen molar-refractivity contribution < 1.29 is 4.79 Å². The summed E-state index contributed by atoms with van der Waals surface area (Å²) in [6, 6.07) is 3.59. The van der Waals surface area contributed by atoms with Gasteiger partial charge in [0.05, 0.1) is 11.1 Å². The third kappa shape index (κ3) is 3.19. The molecule has 0 saturated carbocycles. The molecule has 5 nitrogen and oxygen atoms in total. The van der Waals surface area contributed by atoms with E-state index in [1.54, 1.807) is 18.5 Å². The van der Waals surface area contributed by atoms with Crippen LogP contribution in [0.5, 0.6) is 0 Å². The summed E-state index contributed by atoms with van der Waals surface area (Å²) in [6.45, 7) is 2.00. The number of nitrogens with zero attached hydrogens (tertiary/aromatic N) is 2. The summed E-state index contributed by atoms with van der Waals surface area (Å²) in [7, 11) is 0. The Hall–Kier alpha value is -2.61. The Labute approximate surface area is 111 Å². The third-order valence-corrected chi connectivity index (χ3v) is 2.51. The van der Waals surface area contributed by atoms with Crippen LogP contribution < -0.4 is 11.1 Å². The first-order chi connectivity index (χ1) is 9.18. The predicted octanol–water partition coefficient (Wildman–Crippen LogP) is 1.09. The molecule has 0 spiro atoms. The first-order valence-electron chi connectivity index (χ1n) is 5.91. The van der Waals surface area contributed by atoms with Crippen molar-refractivity contribution in [2.24, 2.45) is 0 Å².